The summed E-state index contributed by atoms with van der Waals surface area (Å²) in [5, 5.41) is 0. The van der Waals surface area contributed by atoms with E-state index in [1.54, 1.807) is 0 Å². The molecule has 5 heterocycles. The number of imidazole rings is 1. The monoisotopic (exact) mass is 354 g/mol. The summed E-state index contributed by atoms with van der Waals surface area (Å²) in [6, 6.07) is 1.61. The van der Waals surface area contributed by atoms with Crippen LogP contribution in [0.2, 0.25) is 0 Å². The molecule has 0 N–H and O–H groups in total. The molecule has 2 aromatic heterocycles. The van der Waals surface area contributed by atoms with Crippen molar-refractivity contribution < 1.29 is 0 Å². The highest BCUT2D eigenvalue weighted by Gasteiger charge is 2.44. The lowest BCUT2D eigenvalue weighted by atomic mass is 9.74. The highest BCUT2D eigenvalue weighted by Crippen LogP contribution is 2.41. The van der Waals surface area contributed by atoms with Gasteiger partial charge in [-0.2, -0.15) is 4.98 Å². The molecule has 3 aliphatic rings. The van der Waals surface area contributed by atoms with E-state index in [0.29, 0.717) is 0 Å². The van der Waals surface area contributed by atoms with Crippen molar-refractivity contribution in [3.8, 4) is 0 Å². The smallest absolute Gasteiger partial charge is 0.227 e. The van der Waals surface area contributed by atoms with E-state index < -0.39 is 0 Å². The minimum atomic E-state index is 0.755. The summed E-state index contributed by atoms with van der Waals surface area (Å²) in [5.74, 6) is 2.40. The number of piperidine rings is 3. The van der Waals surface area contributed by atoms with Gasteiger partial charge in [0.05, 0.1) is 12.5 Å². The Morgan fingerprint density at radius 2 is 2.08 bits per heavy atom. The van der Waals surface area contributed by atoms with Gasteiger partial charge in [-0.15, -0.1) is 0 Å². The summed E-state index contributed by atoms with van der Waals surface area (Å²) in [6.07, 6.45) is 12.0. The molecule has 2 bridgehead atoms. The Bertz CT molecular complexity index is 784. The number of rotatable bonds is 3. The number of aromatic nitrogens is 4. The van der Waals surface area contributed by atoms with Crippen LogP contribution in [0.5, 0.6) is 0 Å². The third-order valence-corrected chi connectivity index (χ3v) is 6.89. The minimum Gasteiger partial charge on any atom is -0.340 e. The summed E-state index contributed by atoms with van der Waals surface area (Å²) in [7, 11) is 1.99. The lowest BCUT2D eigenvalue weighted by molar-refractivity contribution is -0.0217. The number of nitrogens with zero attached hydrogens (tertiary/aromatic N) is 6. The Morgan fingerprint density at radius 1 is 1.15 bits per heavy atom. The Balaban J connectivity index is 1.38. The molecule has 0 aliphatic carbocycles. The van der Waals surface area contributed by atoms with Crippen LogP contribution in [-0.4, -0.2) is 56.1 Å². The van der Waals surface area contributed by atoms with Crippen LogP contribution in [-0.2, 0) is 7.05 Å². The van der Waals surface area contributed by atoms with E-state index in [9.17, 15) is 0 Å². The summed E-state index contributed by atoms with van der Waals surface area (Å²) in [4.78, 5) is 19.2. The number of anilines is 1. The molecule has 5 rings (SSSR count). The third kappa shape index (κ3) is 2.70. The van der Waals surface area contributed by atoms with Crippen molar-refractivity contribution in [3.05, 3.63) is 12.5 Å². The van der Waals surface area contributed by atoms with Gasteiger partial charge in [-0.05, 0) is 37.5 Å². The fraction of sp³-hybridized carbons (Fsp3) is 0.750. The zero-order valence-corrected chi connectivity index (χ0v) is 16.0. The predicted molar refractivity (Wildman–Crippen MR) is 103 cm³/mol. The number of hydrogen-bond acceptors (Lipinski definition) is 5. The van der Waals surface area contributed by atoms with Crippen LogP contribution in [0.1, 0.15) is 45.4 Å². The van der Waals surface area contributed by atoms with E-state index in [-0.39, 0.29) is 0 Å². The van der Waals surface area contributed by atoms with E-state index in [1.807, 2.05) is 24.1 Å². The number of hydrogen-bond donors (Lipinski definition) is 0. The van der Waals surface area contributed by atoms with Crippen LogP contribution >= 0.6 is 0 Å². The van der Waals surface area contributed by atoms with Crippen LogP contribution < -0.4 is 4.90 Å². The van der Waals surface area contributed by atoms with Gasteiger partial charge in [0, 0.05) is 38.8 Å². The van der Waals surface area contributed by atoms with Gasteiger partial charge in [0.1, 0.15) is 5.52 Å². The third-order valence-electron chi connectivity index (χ3n) is 6.89. The fourth-order valence-electron chi connectivity index (χ4n) is 5.78. The van der Waals surface area contributed by atoms with Gasteiger partial charge >= 0.3 is 0 Å². The van der Waals surface area contributed by atoms with Crippen molar-refractivity contribution in [1.82, 2.24) is 24.4 Å². The first-order chi connectivity index (χ1) is 12.7. The topological polar surface area (TPSA) is 50.1 Å². The Kier molecular flexibility index (Phi) is 4.11. The highest BCUT2D eigenvalue weighted by atomic mass is 15.3. The molecule has 0 radical (unpaired) electrons. The molecule has 26 heavy (non-hydrogen) atoms. The Hall–Kier alpha value is -1.69. The summed E-state index contributed by atoms with van der Waals surface area (Å²) < 4.78 is 1.98. The molecule has 0 saturated carbocycles. The maximum absolute atomic E-state index is 4.76. The van der Waals surface area contributed by atoms with Crippen molar-refractivity contribution in [1.29, 1.82) is 0 Å². The van der Waals surface area contributed by atoms with Crippen molar-refractivity contribution >= 4 is 17.1 Å². The Morgan fingerprint density at radius 3 is 2.96 bits per heavy atom. The van der Waals surface area contributed by atoms with Gasteiger partial charge in [-0.25, -0.2) is 9.97 Å². The summed E-state index contributed by atoms with van der Waals surface area (Å²) >= 11 is 0. The maximum Gasteiger partial charge on any atom is 0.227 e. The van der Waals surface area contributed by atoms with Crippen LogP contribution in [0.4, 0.5) is 5.95 Å². The largest absolute Gasteiger partial charge is 0.340 e. The highest BCUT2D eigenvalue weighted by molar-refractivity contribution is 5.70. The quantitative estimate of drug-likeness (QED) is 0.848. The van der Waals surface area contributed by atoms with Crippen LogP contribution in [0, 0.1) is 11.8 Å². The molecule has 3 saturated heterocycles. The molecule has 0 aromatic carbocycles. The van der Waals surface area contributed by atoms with Gasteiger partial charge in [0.2, 0.25) is 5.95 Å². The van der Waals surface area contributed by atoms with E-state index >= 15 is 0 Å². The molecule has 0 spiro atoms. The van der Waals surface area contributed by atoms with E-state index in [0.717, 1.165) is 54.1 Å². The number of fused-ring (bicyclic) bond motifs is 5. The minimum absolute atomic E-state index is 0.755. The average Bonchev–Trinajstić information content (AvgIpc) is 3.03. The molecule has 3 fully saturated rings. The molecule has 6 nitrogen and oxygen atoms in total. The van der Waals surface area contributed by atoms with Gasteiger partial charge in [0.15, 0.2) is 5.65 Å². The average molecular weight is 355 g/mol. The maximum atomic E-state index is 4.76. The van der Waals surface area contributed by atoms with Crippen molar-refractivity contribution in [2.24, 2.45) is 18.9 Å². The molecule has 4 atom stereocenters. The molecule has 2 aromatic rings. The summed E-state index contributed by atoms with van der Waals surface area (Å²) in [5.41, 5.74) is 1.82. The van der Waals surface area contributed by atoms with Gasteiger partial charge in [0.25, 0.3) is 0 Å². The van der Waals surface area contributed by atoms with Crippen molar-refractivity contribution in [2.45, 2.75) is 57.5 Å². The molecule has 0 amide bonds. The fourth-order valence-corrected chi connectivity index (χ4v) is 5.78. The first-order valence-electron chi connectivity index (χ1n) is 10.4. The van der Waals surface area contributed by atoms with Gasteiger partial charge < -0.3 is 9.47 Å². The normalized spacial score (nSPS) is 32.0. The first kappa shape index (κ1) is 16.5. The summed E-state index contributed by atoms with van der Waals surface area (Å²) in [6.45, 7) is 5.81. The van der Waals surface area contributed by atoms with E-state index in [4.69, 9.17) is 4.98 Å². The van der Waals surface area contributed by atoms with Crippen LogP contribution in [0.15, 0.2) is 12.5 Å². The van der Waals surface area contributed by atoms with Gasteiger partial charge in [-0.1, -0.05) is 19.8 Å². The molecule has 0 unspecified atom stereocenters. The van der Waals surface area contributed by atoms with Gasteiger partial charge in [-0.3, -0.25) is 4.90 Å². The van der Waals surface area contributed by atoms with E-state index in [2.05, 4.69) is 26.7 Å². The van der Waals surface area contributed by atoms with Crippen molar-refractivity contribution in [2.75, 3.05) is 24.5 Å². The van der Waals surface area contributed by atoms with E-state index in [1.165, 1.54) is 45.1 Å². The first-order valence-corrected chi connectivity index (χ1v) is 10.4. The predicted octanol–water partition coefficient (Wildman–Crippen LogP) is 2.84. The zero-order valence-electron chi connectivity index (χ0n) is 16.0. The molecule has 6 heteroatoms. The second-order valence-corrected chi connectivity index (χ2v) is 8.64. The lowest BCUT2D eigenvalue weighted by Gasteiger charge is -2.55. The lowest BCUT2D eigenvalue weighted by Crippen LogP contribution is -2.61. The standard InChI is InChI=1S/C20H30N6/c1-3-5-16-6-4-7-17-15-8-14(11-26(16)17)10-25(12-15)20-21-9-18-19(23-20)22-13-24(18)2/h9,13-17H,3-8,10-12H2,1-2H3/t14-,15+,16-,17-/m0/s1. The molecule has 3 aliphatic heterocycles. The second kappa shape index (κ2) is 6.48. The zero-order chi connectivity index (χ0) is 17.7. The Labute approximate surface area is 155 Å². The van der Waals surface area contributed by atoms with Crippen LogP contribution in [0.3, 0.4) is 0 Å². The molecule has 140 valence electrons. The molecular weight excluding hydrogens is 324 g/mol. The molecular formula is C20H30N6. The van der Waals surface area contributed by atoms with Crippen molar-refractivity contribution in [3.63, 3.8) is 0 Å². The second-order valence-electron chi connectivity index (χ2n) is 8.64. The SMILES string of the molecule is CCC[C@H]1CCC[C@H]2[C@@H]3C[C@@H](CN(c4ncc5c(ncn5C)n4)C3)CN12. The van der Waals surface area contributed by atoms with Crippen LogP contribution in [0.25, 0.3) is 11.2 Å². The number of aryl methyl sites for hydroxylation is 1.